The van der Waals surface area contributed by atoms with Crippen molar-refractivity contribution in [2.45, 2.75) is 58.9 Å². The molecular weight excluding hydrogens is 222 g/mol. The molecule has 1 atom stereocenters. The first kappa shape index (κ1) is 13.8. The van der Waals surface area contributed by atoms with Crippen LogP contribution in [0.25, 0.3) is 0 Å². The number of halogens is 1. The van der Waals surface area contributed by atoms with Crippen molar-refractivity contribution in [2.24, 2.45) is 11.3 Å². The molecule has 0 saturated heterocycles. The molecule has 2 nitrogen and oxygen atoms in total. The minimum absolute atomic E-state index is 0.131. The van der Waals surface area contributed by atoms with E-state index >= 15 is 0 Å². The van der Waals surface area contributed by atoms with Gasteiger partial charge in [0.1, 0.15) is 0 Å². The third kappa shape index (κ3) is 3.65. The average Bonchev–Trinajstić information content (AvgIpc) is 2.64. The molecule has 1 amide bonds. The second kappa shape index (κ2) is 5.90. The highest BCUT2D eigenvalue weighted by Gasteiger charge is 2.36. The number of alkyl halides is 1. The summed E-state index contributed by atoms with van der Waals surface area (Å²) in [5.74, 6) is 1.29. The molecule has 94 valence electrons. The highest BCUT2D eigenvalue weighted by molar-refractivity contribution is 6.18. The zero-order valence-electron chi connectivity index (χ0n) is 10.7. The summed E-state index contributed by atoms with van der Waals surface area (Å²) in [5.41, 5.74) is -0.138. The van der Waals surface area contributed by atoms with E-state index in [9.17, 15) is 4.79 Å². The summed E-state index contributed by atoms with van der Waals surface area (Å²) in [7, 11) is 0. The third-order valence-corrected chi connectivity index (χ3v) is 3.91. The van der Waals surface area contributed by atoms with Crippen LogP contribution in [0.3, 0.4) is 0 Å². The van der Waals surface area contributed by atoms with Gasteiger partial charge in [0, 0.05) is 17.3 Å². The van der Waals surface area contributed by atoms with E-state index in [1.165, 1.54) is 12.8 Å². The number of rotatable bonds is 5. The van der Waals surface area contributed by atoms with Crippen LogP contribution in [0.4, 0.5) is 0 Å². The van der Waals surface area contributed by atoms with Crippen LogP contribution in [0, 0.1) is 11.3 Å². The van der Waals surface area contributed by atoms with Gasteiger partial charge >= 0.3 is 0 Å². The Bertz CT molecular complexity index is 234. The number of hydrogen-bond acceptors (Lipinski definition) is 1. The van der Waals surface area contributed by atoms with Crippen molar-refractivity contribution >= 4 is 17.5 Å². The van der Waals surface area contributed by atoms with Gasteiger partial charge in [0.25, 0.3) is 0 Å². The van der Waals surface area contributed by atoms with Crippen molar-refractivity contribution in [1.29, 1.82) is 0 Å². The minimum Gasteiger partial charge on any atom is -0.352 e. The van der Waals surface area contributed by atoms with Crippen molar-refractivity contribution in [3.05, 3.63) is 0 Å². The van der Waals surface area contributed by atoms with Crippen LogP contribution in [-0.4, -0.2) is 17.8 Å². The fourth-order valence-electron chi connectivity index (χ4n) is 2.47. The van der Waals surface area contributed by atoms with Crippen molar-refractivity contribution in [2.75, 3.05) is 5.88 Å². The second-order valence-electron chi connectivity index (χ2n) is 5.72. The SMILES string of the molecule is CC(C)CC(CCl)NC(=O)C1(C)CCCC1. The third-order valence-electron chi connectivity index (χ3n) is 3.53. The van der Waals surface area contributed by atoms with Gasteiger partial charge in [-0.05, 0) is 25.2 Å². The first-order chi connectivity index (χ1) is 7.48. The largest absolute Gasteiger partial charge is 0.352 e. The maximum atomic E-state index is 12.1. The number of hydrogen-bond donors (Lipinski definition) is 1. The topological polar surface area (TPSA) is 29.1 Å². The number of nitrogens with one attached hydrogen (secondary N) is 1. The summed E-state index contributed by atoms with van der Waals surface area (Å²) in [5, 5.41) is 3.11. The average molecular weight is 246 g/mol. The Hall–Kier alpha value is -0.240. The Morgan fingerprint density at radius 2 is 1.94 bits per heavy atom. The fraction of sp³-hybridized carbons (Fsp3) is 0.923. The maximum absolute atomic E-state index is 12.1. The molecule has 1 saturated carbocycles. The van der Waals surface area contributed by atoms with Crippen LogP contribution in [0.1, 0.15) is 52.9 Å². The molecule has 0 aromatic rings. The van der Waals surface area contributed by atoms with Gasteiger partial charge in [0.2, 0.25) is 5.91 Å². The van der Waals surface area contributed by atoms with Gasteiger partial charge in [0.15, 0.2) is 0 Å². The van der Waals surface area contributed by atoms with Gasteiger partial charge < -0.3 is 5.32 Å². The Balaban J connectivity index is 2.48. The van der Waals surface area contributed by atoms with E-state index in [-0.39, 0.29) is 17.4 Å². The molecule has 0 spiro atoms. The summed E-state index contributed by atoms with van der Waals surface area (Å²) >= 11 is 5.89. The second-order valence-corrected chi connectivity index (χ2v) is 6.03. The standard InChI is InChI=1S/C13H24ClNO/c1-10(2)8-11(9-14)15-12(16)13(3)6-4-5-7-13/h10-11H,4-9H2,1-3H3,(H,15,16). The maximum Gasteiger partial charge on any atom is 0.226 e. The van der Waals surface area contributed by atoms with Crippen molar-refractivity contribution in [3.63, 3.8) is 0 Å². The summed E-state index contributed by atoms with van der Waals surface area (Å²) in [6.45, 7) is 6.39. The first-order valence-corrected chi connectivity index (χ1v) is 6.88. The molecule has 0 aliphatic heterocycles. The van der Waals surface area contributed by atoms with Gasteiger partial charge in [-0.3, -0.25) is 4.79 Å². The lowest BCUT2D eigenvalue weighted by Gasteiger charge is -2.26. The van der Waals surface area contributed by atoms with E-state index in [0.717, 1.165) is 19.3 Å². The Kier molecular flexibility index (Phi) is 5.10. The molecule has 1 unspecified atom stereocenters. The zero-order valence-corrected chi connectivity index (χ0v) is 11.4. The number of carbonyl (C=O) groups excluding carboxylic acids is 1. The highest BCUT2D eigenvalue weighted by atomic mass is 35.5. The molecule has 1 aliphatic carbocycles. The van der Waals surface area contributed by atoms with Gasteiger partial charge in [-0.1, -0.05) is 33.6 Å². The molecule has 1 rings (SSSR count). The normalized spacial score (nSPS) is 21.1. The molecule has 0 aromatic heterocycles. The van der Waals surface area contributed by atoms with Gasteiger partial charge in [-0.15, -0.1) is 11.6 Å². The van der Waals surface area contributed by atoms with Crippen LogP contribution >= 0.6 is 11.6 Å². The Labute approximate surface area is 104 Å². The van der Waals surface area contributed by atoms with E-state index in [0.29, 0.717) is 11.8 Å². The van der Waals surface area contributed by atoms with Crippen LogP contribution in [0.5, 0.6) is 0 Å². The van der Waals surface area contributed by atoms with Crippen molar-refractivity contribution in [1.82, 2.24) is 5.32 Å². The Morgan fingerprint density at radius 3 is 2.38 bits per heavy atom. The lowest BCUT2D eigenvalue weighted by atomic mass is 9.87. The zero-order chi connectivity index (χ0) is 12.2. The molecule has 3 heteroatoms. The van der Waals surface area contributed by atoms with E-state index in [1.54, 1.807) is 0 Å². The molecule has 16 heavy (non-hydrogen) atoms. The fourth-order valence-corrected chi connectivity index (χ4v) is 2.67. The molecular formula is C13H24ClNO. The van der Waals surface area contributed by atoms with Gasteiger partial charge in [-0.25, -0.2) is 0 Å². The van der Waals surface area contributed by atoms with Gasteiger partial charge in [0.05, 0.1) is 0 Å². The van der Waals surface area contributed by atoms with Crippen LogP contribution in [0.2, 0.25) is 0 Å². The van der Waals surface area contributed by atoms with Crippen molar-refractivity contribution < 1.29 is 4.79 Å². The predicted molar refractivity (Wildman–Crippen MR) is 68.7 cm³/mol. The van der Waals surface area contributed by atoms with Crippen LogP contribution in [-0.2, 0) is 4.79 Å². The number of amides is 1. The lowest BCUT2D eigenvalue weighted by Crippen LogP contribution is -2.44. The summed E-state index contributed by atoms with van der Waals surface area (Å²) in [6, 6.07) is 0.131. The highest BCUT2D eigenvalue weighted by Crippen LogP contribution is 2.37. The molecule has 0 bridgehead atoms. The Morgan fingerprint density at radius 1 is 1.38 bits per heavy atom. The first-order valence-electron chi connectivity index (χ1n) is 6.35. The lowest BCUT2D eigenvalue weighted by molar-refractivity contribution is -0.130. The van der Waals surface area contributed by atoms with Crippen molar-refractivity contribution in [3.8, 4) is 0 Å². The van der Waals surface area contributed by atoms with Crippen LogP contribution < -0.4 is 5.32 Å². The summed E-state index contributed by atoms with van der Waals surface area (Å²) in [4.78, 5) is 12.1. The van der Waals surface area contributed by atoms with E-state index < -0.39 is 0 Å². The molecule has 1 N–H and O–H groups in total. The smallest absolute Gasteiger partial charge is 0.226 e. The summed E-state index contributed by atoms with van der Waals surface area (Å²) in [6.07, 6.45) is 5.37. The minimum atomic E-state index is -0.138. The van der Waals surface area contributed by atoms with E-state index in [2.05, 4.69) is 26.1 Å². The van der Waals surface area contributed by atoms with Gasteiger partial charge in [-0.2, -0.15) is 0 Å². The van der Waals surface area contributed by atoms with E-state index in [4.69, 9.17) is 11.6 Å². The molecule has 0 aromatic carbocycles. The monoisotopic (exact) mass is 245 g/mol. The predicted octanol–water partition coefficient (Wildman–Crippen LogP) is 3.34. The van der Waals surface area contributed by atoms with Crippen LogP contribution in [0.15, 0.2) is 0 Å². The quantitative estimate of drug-likeness (QED) is 0.740. The molecule has 1 fully saturated rings. The molecule has 0 radical (unpaired) electrons. The molecule has 0 heterocycles. The van der Waals surface area contributed by atoms with E-state index in [1.807, 2.05) is 0 Å². The summed E-state index contributed by atoms with van der Waals surface area (Å²) < 4.78 is 0. The molecule has 1 aliphatic rings. The number of carbonyl (C=O) groups is 1.